The smallest absolute Gasteiger partial charge is 0.298 e. The quantitative estimate of drug-likeness (QED) is 0.516. The second-order valence-electron chi connectivity index (χ2n) is 5.72. The molecule has 1 N–H and O–H groups in total. The summed E-state index contributed by atoms with van der Waals surface area (Å²) in [4.78, 5) is -0.165. The SMILES string of the molecule is CC(C)CCCCCCCOc1ccccc1S(=O)(=O)O. The maximum Gasteiger partial charge on any atom is 0.298 e. The summed E-state index contributed by atoms with van der Waals surface area (Å²) < 4.78 is 37.0. The Labute approximate surface area is 128 Å². The van der Waals surface area contributed by atoms with E-state index < -0.39 is 10.1 Å². The molecule has 0 saturated carbocycles. The average molecular weight is 314 g/mol. The third-order valence-electron chi connectivity index (χ3n) is 3.31. The van der Waals surface area contributed by atoms with Gasteiger partial charge in [0.25, 0.3) is 10.1 Å². The summed E-state index contributed by atoms with van der Waals surface area (Å²) in [6, 6.07) is 6.16. The van der Waals surface area contributed by atoms with Gasteiger partial charge in [0.05, 0.1) is 6.61 Å². The third-order valence-corrected chi connectivity index (χ3v) is 4.20. The van der Waals surface area contributed by atoms with Crippen LogP contribution in [-0.2, 0) is 10.1 Å². The summed E-state index contributed by atoms with van der Waals surface area (Å²) in [6.45, 7) is 4.94. The van der Waals surface area contributed by atoms with Gasteiger partial charge in [0.15, 0.2) is 0 Å². The van der Waals surface area contributed by atoms with Crippen LogP contribution in [0.25, 0.3) is 0 Å². The first-order chi connectivity index (χ1) is 9.91. The Bertz CT molecular complexity index is 509. The standard InChI is InChI=1S/C16H26O4S/c1-14(2)10-6-4-3-5-9-13-20-15-11-7-8-12-16(15)21(17,18)19/h7-8,11-12,14H,3-6,9-10,13H2,1-2H3,(H,17,18,19). The Kier molecular flexibility index (Phi) is 7.75. The van der Waals surface area contributed by atoms with Crippen molar-refractivity contribution in [2.24, 2.45) is 5.92 Å². The molecule has 120 valence electrons. The molecule has 0 heterocycles. The van der Waals surface area contributed by atoms with Gasteiger partial charge < -0.3 is 4.74 Å². The van der Waals surface area contributed by atoms with Crippen molar-refractivity contribution < 1.29 is 17.7 Å². The molecular formula is C16H26O4S. The van der Waals surface area contributed by atoms with Crippen molar-refractivity contribution in [3.8, 4) is 5.75 Å². The Morgan fingerprint density at radius 3 is 2.33 bits per heavy atom. The maximum absolute atomic E-state index is 11.2. The van der Waals surface area contributed by atoms with Crippen molar-refractivity contribution in [1.29, 1.82) is 0 Å². The number of hydrogen-bond donors (Lipinski definition) is 1. The highest BCUT2D eigenvalue weighted by molar-refractivity contribution is 7.86. The summed E-state index contributed by atoms with van der Waals surface area (Å²) in [6.07, 6.45) is 6.92. The first kappa shape index (κ1) is 18.0. The molecule has 0 bridgehead atoms. The molecule has 0 aromatic heterocycles. The predicted molar refractivity (Wildman–Crippen MR) is 84.3 cm³/mol. The minimum absolute atomic E-state index is 0.165. The number of hydrogen-bond acceptors (Lipinski definition) is 3. The molecule has 0 aliphatic carbocycles. The lowest BCUT2D eigenvalue weighted by atomic mass is 10.0. The lowest BCUT2D eigenvalue weighted by Gasteiger charge is -2.09. The minimum atomic E-state index is -4.22. The normalized spacial score (nSPS) is 11.8. The van der Waals surface area contributed by atoms with E-state index >= 15 is 0 Å². The van der Waals surface area contributed by atoms with Crippen LogP contribution in [0.3, 0.4) is 0 Å². The third kappa shape index (κ3) is 7.48. The highest BCUT2D eigenvalue weighted by Crippen LogP contribution is 2.23. The summed E-state index contributed by atoms with van der Waals surface area (Å²) in [5, 5.41) is 0. The Hall–Kier alpha value is -1.07. The first-order valence-electron chi connectivity index (χ1n) is 7.60. The first-order valence-corrected chi connectivity index (χ1v) is 9.04. The van der Waals surface area contributed by atoms with Gasteiger partial charge >= 0.3 is 0 Å². The summed E-state index contributed by atoms with van der Waals surface area (Å²) in [5.41, 5.74) is 0. The molecule has 0 aliphatic rings. The molecule has 5 heteroatoms. The Balaban J connectivity index is 2.25. The monoisotopic (exact) mass is 314 g/mol. The molecule has 21 heavy (non-hydrogen) atoms. The molecule has 0 atom stereocenters. The molecule has 0 saturated heterocycles. The lowest BCUT2D eigenvalue weighted by molar-refractivity contribution is 0.295. The zero-order valence-electron chi connectivity index (χ0n) is 12.9. The Morgan fingerprint density at radius 1 is 1.05 bits per heavy atom. The van der Waals surface area contributed by atoms with E-state index in [1.54, 1.807) is 18.2 Å². The highest BCUT2D eigenvalue weighted by Gasteiger charge is 2.15. The van der Waals surface area contributed by atoms with Gasteiger partial charge in [-0.15, -0.1) is 0 Å². The van der Waals surface area contributed by atoms with Gasteiger partial charge in [0.2, 0.25) is 0 Å². The van der Waals surface area contributed by atoms with Crippen LogP contribution in [0.2, 0.25) is 0 Å². The topological polar surface area (TPSA) is 63.6 Å². The number of rotatable bonds is 10. The fourth-order valence-corrected chi connectivity index (χ4v) is 2.78. The molecule has 0 spiro atoms. The summed E-state index contributed by atoms with van der Waals surface area (Å²) in [5.74, 6) is 0.991. The van der Waals surface area contributed by atoms with Gasteiger partial charge in [-0.25, -0.2) is 0 Å². The van der Waals surface area contributed by atoms with Crippen LogP contribution >= 0.6 is 0 Å². The molecular weight excluding hydrogens is 288 g/mol. The molecule has 4 nitrogen and oxygen atoms in total. The number of ether oxygens (including phenoxy) is 1. The van der Waals surface area contributed by atoms with Crippen LogP contribution in [0.15, 0.2) is 29.2 Å². The van der Waals surface area contributed by atoms with E-state index in [0.717, 1.165) is 18.8 Å². The van der Waals surface area contributed by atoms with Gasteiger partial charge in [0, 0.05) is 0 Å². The second-order valence-corrected chi connectivity index (χ2v) is 7.11. The van der Waals surface area contributed by atoms with Crippen LogP contribution < -0.4 is 4.74 Å². The van der Waals surface area contributed by atoms with Gasteiger partial charge in [-0.2, -0.15) is 8.42 Å². The second kappa shape index (κ2) is 9.05. The largest absolute Gasteiger partial charge is 0.492 e. The van der Waals surface area contributed by atoms with Crippen molar-refractivity contribution in [2.75, 3.05) is 6.61 Å². The summed E-state index contributed by atoms with van der Waals surface area (Å²) in [7, 11) is -4.22. The average Bonchev–Trinajstić information content (AvgIpc) is 2.41. The predicted octanol–water partition coefficient (Wildman–Crippen LogP) is 4.31. The zero-order chi connectivity index (χ0) is 15.7. The maximum atomic E-state index is 11.2. The van der Waals surface area contributed by atoms with Gasteiger partial charge in [-0.1, -0.05) is 58.1 Å². The number of benzene rings is 1. The molecule has 0 radical (unpaired) electrons. The molecule has 0 amide bonds. The molecule has 0 unspecified atom stereocenters. The summed E-state index contributed by atoms with van der Waals surface area (Å²) >= 11 is 0. The van der Waals surface area contributed by atoms with Crippen LogP contribution in [-0.4, -0.2) is 19.6 Å². The fourth-order valence-electron chi connectivity index (χ4n) is 2.15. The van der Waals surface area contributed by atoms with Crippen LogP contribution in [0.1, 0.15) is 52.4 Å². The van der Waals surface area contributed by atoms with Gasteiger partial charge in [-0.05, 0) is 24.5 Å². The molecule has 0 aliphatic heterocycles. The molecule has 1 aromatic carbocycles. The minimum Gasteiger partial charge on any atom is -0.492 e. The van der Waals surface area contributed by atoms with Gasteiger partial charge in [0.1, 0.15) is 10.6 Å². The zero-order valence-corrected chi connectivity index (χ0v) is 13.7. The van der Waals surface area contributed by atoms with E-state index in [4.69, 9.17) is 9.29 Å². The van der Waals surface area contributed by atoms with Crippen molar-refractivity contribution in [1.82, 2.24) is 0 Å². The van der Waals surface area contributed by atoms with E-state index in [9.17, 15) is 8.42 Å². The lowest BCUT2D eigenvalue weighted by Crippen LogP contribution is -2.04. The number of unbranched alkanes of at least 4 members (excludes halogenated alkanes) is 4. The van der Waals surface area contributed by atoms with Crippen molar-refractivity contribution in [3.05, 3.63) is 24.3 Å². The fraction of sp³-hybridized carbons (Fsp3) is 0.625. The van der Waals surface area contributed by atoms with E-state index in [2.05, 4.69) is 13.8 Å². The Morgan fingerprint density at radius 2 is 1.67 bits per heavy atom. The van der Waals surface area contributed by atoms with Crippen LogP contribution in [0.4, 0.5) is 0 Å². The highest BCUT2D eigenvalue weighted by atomic mass is 32.2. The van der Waals surface area contributed by atoms with E-state index in [0.29, 0.717) is 6.61 Å². The van der Waals surface area contributed by atoms with Gasteiger partial charge in [-0.3, -0.25) is 4.55 Å². The van der Waals surface area contributed by atoms with Crippen LogP contribution in [0.5, 0.6) is 5.75 Å². The van der Waals surface area contributed by atoms with Crippen molar-refractivity contribution in [3.63, 3.8) is 0 Å². The molecule has 0 fully saturated rings. The van der Waals surface area contributed by atoms with Crippen molar-refractivity contribution in [2.45, 2.75) is 57.3 Å². The van der Waals surface area contributed by atoms with E-state index in [-0.39, 0.29) is 10.6 Å². The molecule has 1 aromatic rings. The van der Waals surface area contributed by atoms with Crippen molar-refractivity contribution >= 4 is 10.1 Å². The molecule has 1 rings (SSSR count). The number of para-hydroxylation sites is 1. The van der Waals surface area contributed by atoms with E-state index in [1.165, 1.54) is 31.7 Å². The van der Waals surface area contributed by atoms with Crippen LogP contribution in [0, 0.1) is 5.92 Å². The van der Waals surface area contributed by atoms with E-state index in [1.807, 2.05) is 0 Å².